The van der Waals surface area contributed by atoms with Crippen LogP contribution < -0.4 is 10.6 Å². The van der Waals surface area contributed by atoms with Crippen LogP contribution in [0.25, 0.3) is 0 Å². The summed E-state index contributed by atoms with van der Waals surface area (Å²) >= 11 is 0. The second-order valence-electron chi connectivity index (χ2n) is 7.00. The average molecular weight is 386 g/mol. The second kappa shape index (κ2) is 8.40. The Morgan fingerprint density at radius 1 is 1.24 bits per heavy atom. The summed E-state index contributed by atoms with van der Waals surface area (Å²) in [7, 11) is 1.82. The summed E-state index contributed by atoms with van der Waals surface area (Å²) in [6.07, 6.45) is 4.76. The molecule has 7 heteroatoms. The summed E-state index contributed by atoms with van der Waals surface area (Å²) in [5.41, 5.74) is 4.66. The lowest BCUT2D eigenvalue weighted by Gasteiger charge is -2.15. The molecular formula is C22H22N6O. The Labute approximate surface area is 169 Å². The lowest BCUT2D eigenvalue weighted by Crippen LogP contribution is -2.15. The van der Waals surface area contributed by atoms with Crippen LogP contribution in [0.15, 0.2) is 48.8 Å². The highest BCUT2D eigenvalue weighted by Crippen LogP contribution is 2.26. The molecule has 3 N–H and O–H groups in total. The number of benzene rings is 2. The van der Waals surface area contributed by atoms with E-state index < -0.39 is 0 Å². The maximum absolute atomic E-state index is 12.9. The highest BCUT2D eigenvalue weighted by Gasteiger charge is 2.15. The van der Waals surface area contributed by atoms with Gasteiger partial charge in [-0.1, -0.05) is 13.8 Å². The van der Waals surface area contributed by atoms with Gasteiger partial charge in [0.2, 0.25) is 0 Å². The summed E-state index contributed by atoms with van der Waals surface area (Å²) in [6.45, 7) is 3.98. The van der Waals surface area contributed by atoms with Crippen molar-refractivity contribution in [1.82, 2.24) is 9.78 Å². The molecule has 2 aromatic carbocycles. The van der Waals surface area contributed by atoms with Crippen molar-refractivity contribution in [2.75, 3.05) is 10.6 Å². The molecule has 0 aliphatic carbocycles. The van der Waals surface area contributed by atoms with Gasteiger partial charge in [-0.3, -0.25) is 9.48 Å². The van der Waals surface area contributed by atoms with Crippen LogP contribution in [0.1, 0.15) is 46.8 Å². The molecule has 0 saturated carbocycles. The third kappa shape index (κ3) is 4.50. The number of nitrogens with zero attached hydrogens (tertiary/aromatic N) is 3. The zero-order chi connectivity index (χ0) is 21.0. The molecule has 29 heavy (non-hydrogen) atoms. The molecule has 7 nitrogen and oxygen atoms in total. The molecule has 0 unspecified atom stereocenters. The topological polar surface area (TPSA) is 107 Å². The molecule has 0 radical (unpaired) electrons. The quantitative estimate of drug-likeness (QED) is 0.546. The van der Waals surface area contributed by atoms with Crippen molar-refractivity contribution in [3.8, 4) is 6.07 Å². The Morgan fingerprint density at radius 3 is 2.66 bits per heavy atom. The van der Waals surface area contributed by atoms with Gasteiger partial charge >= 0.3 is 0 Å². The minimum Gasteiger partial charge on any atom is -0.352 e. The Hall–Kier alpha value is -3.92. The van der Waals surface area contributed by atoms with Crippen molar-refractivity contribution in [2.24, 2.45) is 7.05 Å². The highest BCUT2D eigenvalue weighted by atomic mass is 16.1. The second-order valence-corrected chi connectivity index (χ2v) is 7.00. The number of carbonyl (C=O) groups excluding carboxylic acids is 1. The van der Waals surface area contributed by atoms with Crippen molar-refractivity contribution in [1.29, 1.82) is 10.7 Å². The number of hydrogen-bond acceptors (Lipinski definition) is 5. The minimum absolute atomic E-state index is 0.104. The van der Waals surface area contributed by atoms with E-state index in [4.69, 9.17) is 10.7 Å². The van der Waals surface area contributed by atoms with Crippen LogP contribution in [0.5, 0.6) is 0 Å². The summed E-state index contributed by atoms with van der Waals surface area (Å²) in [5.74, 6) is -0.139. The van der Waals surface area contributed by atoms with Gasteiger partial charge in [0.15, 0.2) is 0 Å². The van der Waals surface area contributed by atoms with Gasteiger partial charge in [-0.05, 0) is 47.9 Å². The van der Waals surface area contributed by atoms with Crippen LogP contribution in [0.2, 0.25) is 0 Å². The van der Waals surface area contributed by atoms with Gasteiger partial charge in [0.25, 0.3) is 5.91 Å². The summed E-state index contributed by atoms with van der Waals surface area (Å²) in [4.78, 5) is 12.9. The minimum atomic E-state index is -0.242. The lowest BCUT2D eigenvalue weighted by molar-refractivity contribution is 0.102. The molecule has 0 fully saturated rings. The molecule has 0 bridgehead atoms. The fourth-order valence-electron chi connectivity index (χ4n) is 3.02. The fourth-order valence-corrected chi connectivity index (χ4v) is 3.02. The highest BCUT2D eigenvalue weighted by molar-refractivity contribution is 6.06. The third-order valence-corrected chi connectivity index (χ3v) is 4.50. The summed E-state index contributed by atoms with van der Waals surface area (Å²) in [5, 5.41) is 27.0. The summed E-state index contributed by atoms with van der Waals surface area (Å²) in [6, 6.07) is 12.5. The van der Waals surface area contributed by atoms with Gasteiger partial charge in [-0.2, -0.15) is 10.4 Å². The Balaban J connectivity index is 1.88. The van der Waals surface area contributed by atoms with Gasteiger partial charge in [0.05, 0.1) is 23.5 Å². The SMILES string of the molecule is CC(C)c1cc(C#N)ccc1C(=O)Nc1ccc(C=N)c(Nc2cnn(C)c2)c1. The van der Waals surface area contributed by atoms with Crippen LogP contribution in [0.4, 0.5) is 17.1 Å². The predicted molar refractivity (Wildman–Crippen MR) is 114 cm³/mol. The molecule has 1 heterocycles. The van der Waals surface area contributed by atoms with Crippen molar-refractivity contribution in [3.05, 3.63) is 71.0 Å². The van der Waals surface area contributed by atoms with E-state index in [1.807, 2.05) is 27.1 Å². The van der Waals surface area contributed by atoms with E-state index in [0.717, 1.165) is 11.3 Å². The number of aryl methyl sites for hydroxylation is 1. The number of anilines is 3. The van der Waals surface area contributed by atoms with E-state index in [1.165, 1.54) is 6.21 Å². The van der Waals surface area contributed by atoms with Gasteiger partial charge < -0.3 is 16.0 Å². The first-order chi connectivity index (χ1) is 13.9. The van der Waals surface area contributed by atoms with E-state index in [2.05, 4.69) is 21.8 Å². The van der Waals surface area contributed by atoms with Crippen molar-refractivity contribution < 1.29 is 4.79 Å². The maximum Gasteiger partial charge on any atom is 0.255 e. The first-order valence-corrected chi connectivity index (χ1v) is 9.17. The number of nitrogens with one attached hydrogen (secondary N) is 3. The monoisotopic (exact) mass is 386 g/mol. The van der Waals surface area contributed by atoms with Crippen LogP contribution >= 0.6 is 0 Å². The Morgan fingerprint density at radius 2 is 2.03 bits per heavy atom. The van der Waals surface area contributed by atoms with Crippen molar-refractivity contribution in [3.63, 3.8) is 0 Å². The number of carbonyl (C=O) groups is 1. The molecular weight excluding hydrogens is 364 g/mol. The lowest BCUT2D eigenvalue weighted by atomic mass is 9.94. The van der Waals surface area contributed by atoms with Gasteiger partial charge in [-0.15, -0.1) is 0 Å². The number of aromatic nitrogens is 2. The predicted octanol–water partition coefficient (Wildman–Crippen LogP) is 4.41. The van der Waals surface area contributed by atoms with E-state index in [9.17, 15) is 4.79 Å². The average Bonchev–Trinajstić information content (AvgIpc) is 3.12. The largest absolute Gasteiger partial charge is 0.352 e. The van der Waals surface area contributed by atoms with Crippen LogP contribution in [0, 0.1) is 16.7 Å². The smallest absolute Gasteiger partial charge is 0.255 e. The molecule has 0 spiro atoms. The fraction of sp³-hybridized carbons (Fsp3) is 0.182. The van der Waals surface area contributed by atoms with E-state index >= 15 is 0 Å². The number of amides is 1. The molecule has 1 aromatic heterocycles. The van der Waals surface area contributed by atoms with Crippen LogP contribution in [0.3, 0.4) is 0 Å². The number of nitriles is 1. The van der Waals surface area contributed by atoms with Crippen LogP contribution in [-0.4, -0.2) is 21.9 Å². The van der Waals surface area contributed by atoms with E-state index in [1.54, 1.807) is 47.3 Å². The zero-order valence-corrected chi connectivity index (χ0v) is 16.5. The molecule has 0 aliphatic rings. The van der Waals surface area contributed by atoms with Gasteiger partial charge in [0, 0.05) is 42.0 Å². The maximum atomic E-state index is 12.9. The Bertz CT molecular complexity index is 1110. The summed E-state index contributed by atoms with van der Waals surface area (Å²) < 4.78 is 1.68. The standard InChI is InChI=1S/C22H22N6O/c1-14(2)20-8-15(10-23)4-7-19(20)22(29)27-17-6-5-16(11-24)21(9-17)26-18-12-25-28(3)13-18/h4-9,11-14,24,26H,1-3H3,(H,27,29). The number of hydrogen-bond donors (Lipinski definition) is 3. The molecule has 0 atom stereocenters. The Kier molecular flexibility index (Phi) is 5.74. The normalized spacial score (nSPS) is 10.4. The van der Waals surface area contributed by atoms with Crippen LogP contribution in [-0.2, 0) is 7.05 Å². The molecule has 146 valence electrons. The third-order valence-electron chi connectivity index (χ3n) is 4.50. The van der Waals surface area contributed by atoms with E-state index in [0.29, 0.717) is 28.1 Å². The number of rotatable bonds is 6. The molecule has 1 amide bonds. The van der Waals surface area contributed by atoms with Gasteiger partial charge in [-0.25, -0.2) is 0 Å². The van der Waals surface area contributed by atoms with Gasteiger partial charge in [0.1, 0.15) is 0 Å². The molecule has 0 saturated heterocycles. The van der Waals surface area contributed by atoms with Crippen molar-refractivity contribution >= 4 is 29.2 Å². The molecule has 3 rings (SSSR count). The first kappa shape index (κ1) is 19.8. The van der Waals surface area contributed by atoms with Crippen molar-refractivity contribution in [2.45, 2.75) is 19.8 Å². The molecule has 0 aliphatic heterocycles. The van der Waals surface area contributed by atoms with E-state index in [-0.39, 0.29) is 11.8 Å². The first-order valence-electron chi connectivity index (χ1n) is 9.17. The zero-order valence-electron chi connectivity index (χ0n) is 16.5. The molecule has 3 aromatic rings.